The van der Waals surface area contributed by atoms with Gasteiger partial charge in [0.05, 0.1) is 11.1 Å². The molecule has 2 amide bonds. The summed E-state index contributed by atoms with van der Waals surface area (Å²) in [6, 6.07) is 2.22. The zero-order valence-corrected chi connectivity index (χ0v) is 9.91. The fraction of sp³-hybridized carbons (Fsp3) is 0. The molecule has 0 radical (unpaired) electrons. The second kappa shape index (κ2) is 4.19. The first-order valence-corrected chi connectivity index (χ1v) is 5.29. The highest BCUT2D eigenvalue weighted by Crippen LogP contribution is 2.50. The second-order valence-electron chi connectivity index (χ2n) is 4.03. The van der Waals surface area contributed by atoms with Crippen LogP contribution in [0.1, 0.15) is 20.7 Å². The van der Waals surface area contributed by atoms with Gasteiger partial charge in [-0.05, 0) is 12.1 Å². The molecular formula is C12H10N2O6. The van der Waals surface area contributed by atoms with Crippen LogP contribution in [-0.4, -0.2) is 32.2 Å². The van der Waals surface area contributed by atoms with Crippen LogP contribution in [0.2, 0.25) is 0 Å². The summed E-state index contributed by atoms with van der Waals surface area (Å²) in [4.78, 5) is 22.6. The molecule has 0 spiro atoms. The Kier molecular flexibility index (Phi) is 2.78. The number of hydrogen-bond acceptors (Lipinski definition) is 6. The number of carbonyl (C=O) groups excluding carboxylic acids is 2. The first-order valence-electron chi connectivity index (χ1n) is 5.29. The summed E-state index contributed by atoms with van der Waals surface area (Å²) in [6.45, 7) is 0. The second-order valence-corrected chi connectivity index (χ2v) is 4.03. The topological polar surface area (TPSA) is 167 Å². The number of hydrogen-bond donors (Lipinski definition) is 6. The van der Waals surface area contributed by atoms with Crippen molar-refractivity contribution < 1.29 is 30.0 Å². The molecule has 0 heterocycles. The molecule has 8 N–H and O–H groups in total. The number of amides is 2. The van der Waals surface area contributed by atoms with Crippen LogP contribution in [0.5, 0.6) is 23.0 Å². The SMILES string of the molecule is NC(=O)c1ccc(C(N)=O)c2c(O)c(O)c(O)c(O)c12. The summed E-state index contributed by atoms with van der Waals surface area (Å²) in [5.74, 6) is -5.81. The number of phenolic OH excluding ortho intramolecular Hbond substituents is 4. The Labute approximate surface area is 111 Å². The zero-order chi connectivity index (χ0) is 15.2. The Morgan fingerprint density at radius 1 is 0.700 bits per heavy atom. The Morgan fingerprint density at radius 2 is 1.00 bits per heavy atom. The van der Waals surface area contributed by atoms with Crippen molar-refractivity contribution in [2.45, 2.75) is 0 Å². The van der Waals surface area contributed by atoms with E-state index in [9.17, 15) is 30.0 Å². The van der Waals surface area contributed by atoms with Crippen molar-refractivity contribution in [3.8, 4) is 23.0 Å². The summed E-state index contributed by atoms with van der Waals surface area (Å²) in [5.41, 5.74) is 9.73. The first kappa shape index (κ1) is 13.3. The van der Waals surface area contributed by atoms with Crippen LogP contribution in [0.15, 0.2) is 12.1 Å². The summed E-state index contributed by atoms with van der Waals surface area (Å²) in [7, 11) is 0. The first-order chi connectivity index (χ1) is 9.27. The van der Waals surface area contributed by atoms with E-state index in [0.29, 0.717) is 0 Å². The van der Waals surface area contributed by atoms with E-state index in [4.69, 9.17) is 11.5 Å². The fourth-order valence-corrected chi connectivity index (χ4v) is 1.97. The van der Waals surface area contributed by atoms with Gasteiger partial charge < -0.3 is 31.9 Å². The molecular weight excluding hydrogens is 268 g/mol. The standard InChI is InChI=1S/C12H10N2O6/c13-11(19)3-1-2-4(12(14)20)6-5(3)7(15)9(17)10(18)8(6)16/h1-2,15-18H,(H2,13,19)(H2,14,20). The van der Waals surface area contributed by atoms with E-state index in [1.54, 1.807) is 0 Å². The fourth-order valence-electron chi connectivity index (χ4n) is 1.97. The van der Waals surface area contributed by atoms with E-state index in [1.807, 2.05) is 0 Å². The third-order valence-corrected chi connectivity index (χ3v) is 2.88. The van der Waals surface area contributed by atoms with Gasteiger partial charge in [-0.2, -0.15) is 0 Å². The molecule has 2 aromatic carbocycles. The van der Waals surface area contributed by atoms with Crippen molar-refractivity contribution in [3.05, 3.63) is 23.3 Å². The number of aromatic hydroxyl groups is 4. The van der Waals surface area contributed by atoms with Gasteiger partial charge in [0, 0.05) is 10.8 Å². The molecule has 0 aliphatic carbocycles. The average Bonchev–Trinajstić information content (AvgIpc) is 2.40. The Hall–Kier alpha value is -3.16. The van der Waals surface area contributed by atoms with Gasteiger partial charge in [0.25, 0.3) is 0 Å². The van der Waals surface area contributed by atoms with E-state index in [0.717, 1.165) is 12.1 Å². The normalized spacial score (nSPS) is 10.6. The molecule has 0 fully saturated rings. The predicted molar refractivity (Wildman–Crippen MR) is 67.6 cm³/mol. The molecule has 0 saturated heterocycles. The van der Waals surface area contributed by atoms with Crippen molar-refractivity contribution >= 4 is 22.6 Å². The lowest BCUT2D eigenvalue weighted by atomic mass is 9.96. The van der Waals surface area contributed by atoms with Crippen LogP contribution >= 0.6 is 0 Å². The third kappa shape index (κ3) is 1.62. The van der Waals surface area contributed by atoms with E-state index in [2.05, 4.69) is 0 Å². The van der Waals surface area contributed by atoms with E-state index in [-0.39, 0.29) is 21.9 Å². The molecule has 0 bridgehead atoms. The van der Waals surface area contributed by atoms with Gasteiger partial charge in [0.15, 0.2) is 11.5 Å². The van der Waals surface area contributed by atoms with E-state index >= 15 is 0 Å². The lowest BCUT2D eigenvalue weighted by Crippen LogP contribution is -2.15. The predicted octanol–water partition coefficient (Wildman–Crippen LogP) is -0.140. The van der Waals surface area contributed by atoms with Crippen molar-refractivity contribution in [1.29, 1.82) is 0 Å². The molecule has 0 atom stereocenters. The average molecular weight is 278 g/mol. The molecule has 2 rings (SSSR count). The Balaban J connectivity index is 3.17. The third-order valence-electron chi connectivity index (χ3n) is 2.88. The maximum Gasteiger partial charge on any atom is 0.249 e. The quantitative estimate of drug-likeness (QED) is 0.330. The number of rotatable bonds is 2. The summed E-state index contributed by atoms with van der Waals surface area (Å²) >= 11 is 0. The van der Waals surface area contributed by atoms with Crippen molar-refractivity contribution in [1.82, 2.24) is 0 Å². The van der Waals surface area contributed by atoms with Gasteiger partial charge in [-0.15, -0.1) is 0 Å². The lowest BCUT2D eigenvalue weighted by molar-refractivity contribution is 0.0990. The Bertz CT molecular complexity index is 704. The molecule has 0 aliphatic rings. The van der Waals surface area contributed by atoms with Gasteiger partial charge in [0.1, 0.15) is 0 Å². The van der Waals surface area contributed by atoms with Crippen LogP contribution in [-0.2, 0) is 0 Å². The number of phenols is 4. The molecule has 0 saturated carbocycles. The maximum absolute atomic E-state index is 11.3. The van der Waals surface area contributed by atoms with Crippen molar-refractivity contribution in [3.63, 3.8) is 0 Å². The number of nitrogens with two attached hydrogens (primary N) is 2. The van der Waals surface area contributed by atoms with E-state index < -0.39 is 34.8 Å². The monoisotopic (exact) mass is 278 g/mol. The van der Waals surface area contributed by atoms with Crippen LogP contribution < -0.4 is 11.5 Å². The van der Waals surface area contributed by atoms with Crippen molar-refractivity contribution in [2.75, 3.05) is 0 Å². The van der Waals surface area contributed by atoms with Crippen LogP contribution in [0.25, 0.3) is 10.8 Å². The molecule has 20 heavy (non-hydrogen) atoms. The molecule has 0 unspecified atom stereocenters. The maximum atomic E-state index is 11.3. The lowest BCUT2D eigenvalue weighted by Gasteiger charge is -2.13. The number of carbonyl (C=O) groups is 2. The summed E-state index contributed by atoms with van der Waals surface area (Å²) < 4.78 is 0. The number of fused-ring (bicyclic) bond motifs is 1. The number of benzene rings is 2. The highest BCUT2D eigenvalue weighted by Gasteiger charge is 2.25. The van der Waals surface area contributed by atoms with Crippen LogP contribution in [0, 0.1) is 0 Å². The molecule has 0 aliphatic heterocycles. The zero-order valence-electron chi connectivity index (χ0n) is 9.91. The largest absolute Gasteiger partial charge is 0.504 e. The smallest absolute Gasteiger partial charge is 0.249 e. The highest BCUT2D eigenvalue weighted by molar-refractivity contribution is 6.18. The number of primary amides is 2. The molecule has 0 aromatic heterocycles. The van der Waals surface area contributed by atoms with Crippen LogP contribution in [0.4, 0.5) is 0 Å². The van der Waals surface area contributed by atoms with E-state index in [1.165, 1.54) is 0 Å². The van der Waals surface area contributed by atoms with Gasteiger partial charge in [-0.1, -0.05) is 0 Å². The Morgan fingerprint density at radius 3 is 1.25 bits per heavy atom. The van der Waals surface area contributed by atoms with Gasteiger partial charge >= 0.3 is 0 Å². The van der Waals surface area contributed by atoms with Crippen molar-refractivity contribution in [2.24, 2.45) is 11.5 Å². The van der Waals surface area contributed by atoms with Gasteiger partial charge in [-0.25, -0.2) is 0 Å². The minimum absolute atomic E-state index is 0.256. The molecule has 104 valence electrons. The molecule has 2 aromatic rings. The highest BCUT2D eigenvalue weighted by atomic mass is 16.3. The van der Waals surface area contributed by atoms with Gasteiger partial charge in [0.2, 0.25) is 23.3 Å². The summed E-state index contributed by atoms with van der Waals surface area (Å²) in [6.07, 6.45) is 0. The minimum atomic E-state index is -1.04. The van der Waals surface area contributed by atoms with Gasteiger partial charge in [-0.3, -0.25) is 9.59 Å². The minimum Gasteiger partial charge on any atom is -0.504 e. The summed E-state index contributed by atoms with van der Waals surface area (Å²) in [5, 5.41) is 37.9. The molecule has 8 nitrogen and oxygen atoms in total. The van der Waals surface area contributed by atoms with Crippen LogP contribution in [0.3, 0.4) is 0 Å². The molecule has 8 heteroatoms.